The fourth-order valence-electron chi connectivity index (χ4n) is 0.964. The molecule has 0 radical (unpaired) electrons. The van der Waals surface area contributed by atoms with E-state index in [4.69, 9.17) is 5.11 Å². The molecule has 0 aromatic rings. The zero-order chi connectivity index (χ0) is 6.53. The molecule has 1 rings (SSSR count). The maximum Gasteiger partial charge on any atom is 0.0556 e. The van der Waals surface area contributed by atoms with Gasteiger partial charge >= 0.3 is 0 Å². The normalized spacial score (nSPS) is 27.0. The van der Waals surface area contributed by atoms with Crippen LogP contribution in [-0.4, -0.2) is 35.8 Å². The summed E-state index contributed by atoms with van der Waals surface area (Å²) in [7, 11) is 0. The predicted octanol–water partition coefficient (Wildman–Crippen LogP) is 0.0738. The standard InChI is InChI=1S/C6H13NOS/c8-3-2-7-6-1-4-9-5-6/h6-8H,1-5H2. The van der Waals surface area contributed by atoms with Crippen LogP contribution in [0.5, 0.6) is 0 Å². The molecule has 0 aliphatic carbocycles. The Balaban J connectivity index is 1.98. The third-order valence-corrected chi connectivity index (χ3v) is 2.64. The van der Waals surface area contributed by atoms with Crippen molar-refractivity contribution >= 4 is 11.8 Å². The van der Waals surface area contributed by atoms with E-state index < -0.39 is 0 Å². The molecule has 9 heavy (non-hydrogen) atoms. The SMILES string of the molecule is OCCNC1CCSC1. The summed E-state index contributed by atoms with van der Waals surface area (Å²) in [5, 5.41) is 11.7. The van der Waals surface area contributed by atoms with E-state index in [1.165, 1.54) is 17.9 Å². The van der Waals surface area contributed by atoms with Gasteiger partial charge < -0.3 is 10.4 Å². The van der Waals surface area contributed by atoms with Crippen molar-refractivity contribution in [3.63, 3.8) is 0 Å². The van der Waals surface area contributed by atoms with Gasteiger partial charge in [0, 0.05) is 18.3 Å². The smallest absolute Gasteiger partial charge is 0.0556 e. The molecule has 0 amide bonds. The van der Waals surface area contributed by atoms with Crippen molar-refractivity contribution in [1.29, 1.82) is 0 Å². The van der Waals surface area contributed by atoms with Crippen molar-refractivity contribution in [2.75, 3.05) is 24.7 Å². The molecule has 0 saturated carbocycles. The van der Waals surface area contributed by atoms with E-state index in [0.29, 0.717) is 6.04 Å². The summed E-state index contributed by atoms with van der Waals surface area (Å²) in [6, 6.07) is 0.669. The second kappa shape index (κ2) is 4.14. The topological polar surface area (TPSA) is 32.3 Å². The minimum atomic E-state index is 0.265. The van der Waals surface area contributed by atoms with Crippen LogP contribution in [0.15, 0.2) is 0 Å². The molecule has 3 heteroatoms. The first-order valence-corrected chi connectivity index (χ1v) is 4.51. The predicted molar refractivity (Wildman–Crippen MR) is 40.8 cm³/mol. The molecule has 1 heterocycles. The van der Waals surface area contributed by atoms with Gasteiger partial charge in [0.2, 0.25) is 0 Å². The Morgan fingerprint density at radius 3 is 3.11 bits per heavy atom. The van der Waals surface area contributed by atoms with Crippen LogP contribution in [-0.2, 0) is 0 Å². The summed E-state index contributed by atoms with van der Waals surface area (Å²) in [5.74, 6) is 2.50. The second-order valence-corrected chi connectivity index (χ2v) is 3.39. The number of aliphatic hydroxyl groups excluding tert-OH is 1. The average Bonchev–Trinajstić information content (AvgIpc) is 2.34. The summed E-state index contributed by atoms with van der Waals surface area (Å²) in [6.45, 7) is 1.02. The van der Waals surface area contributed by atoms with Crippen LogP contribution in [0.4, 0.5) is 0 Å². The van der Waals surface area contributed by atoms with Crippen molar-refractivity contribution in [2.24, 2.45) is 0 Å². The van der Waals surface area contributed by atoms with Crippen LogP contribution < -0.4 is 5.32 Å². The van der Waals surface area contributed by atoms with Gasteiger partial charge in [0.25, 0.3) is 0 Å². The second-order valence-electron chi connectivity index (χ2n) is 2.24. The molecule has 1 aliphatic rings. The summed E-state index contributed by atoms with van der Waals surface area (Å²) < 4.78 is 0. The summed E-state index contributed by atoms with van der Waals surface area (Å²) in [4.78, 5) is 0. The van der Waals surface area contributed by atoms with Gasteiger partial charge in [-0.15, -0.1) is 0 Å². The van der Waals surface area contributed by atoms with Gasteiger partial charge in [-0.2, -0.15) is 11.8 Å². The molecular weight excluding hydrogens is 134 g/mol. The molecule has 1 fully saturated rings. The number of hydrogen-bond acceptors (Lipinski definition) is 3. The molecule has 0 aromatic heterocycles. The fraction of sp³-hybridized carbons (Fsp3) is 1.00. The van der Waals surface area contributed by atoms with Crippen molar-refractivity contribution in [2.45, 2.75) is 12.5 Å². The highest BCUT2D eigenvalue weighted by molar-refractivity contribution is 7.99. The minimum absolute atomic E-state index is 0.265. The Morgan fingerprint density at radius 2 is 2.56 bits per heavy atom. The quantitative estimate of drug-likeness (QED) is 0.592. The van der Waals surface area contributed by atoms with E-state index in [9.17, 15) is 0 Å². The van der Waals surface area contributed by atoms with Crippen molar-refractivity contribution in [3.8, 4) is 0 Å². The van der Waals surface area contributed by atoms with Gasteiger partial charge in [-0.25, -0.2) is 0 Å². The summed E-state index contributed by atoms with van der Waals surface area (Å²) in [6.07, 6.45) is 1.27. The molecule has 1 saturated heterocycles. The van der Waals surface area contributed by atoms with E-state index in [0.717, 1.165) is 6.54 Å². The van der Waals surface area contributed by atoms with E-state index in [1.54, 1.807) is 0 Å². The van der Waals surface area contributed by atoms with Crippen LogP contribution >= 0.6 is 11.8 Å². The maximum absolute atomic E-state index is 8.46. The zero-order valence-electron chi connectivity index (χ0n) is 5.47. The highest BCUT2D eigenvalue weighted by atomic mass is 32.2. The van der Waals surface area contributed by atoms with Gasteiger partial charge in [-0.3, -0.25) is 0 Å². The van der Waals surface area contributed by atoms with Crippen LogP contribution in [0.2, 0.25) is 0 Å². The van der Waals surface area contributed by atoms with Gasteiger partial charge in [0.1, 0.15) is 0 Å². The van der Waals surface area contributed by atoms with Gasteiger partial charge in [0.05, 0.1) is 6.61 Å². The summed E-state index contributed by atoms with van der Waals surface area (Å²) >= 11 is 1.99. The van der Waals surface area contributed by atoms with Crippen LogP contribution in [0.3, 0.4) is 0 Å². The van der Waals surface area contributed by atoms with Crippen LogP contribution in [0.25, 0.3) is 0 Å². The lowest BCUT2D eigenvalue weighted by atomic mass is 10.3. The third-order valence-electron chi connectivity index (χ3n) is 1.47. The highest BCUT2D eigenvalue weighted by Crippen LogP contribution is 2.16. The average molecular weight is 147 g/mol. The third kappa shape index (κ3) is 2.56. The molecule has 0 spiro atoms. The molecule has 0 aromatic carbocycles. The van der Waals surface area contributed by atoms with Crippen molar-refractivity contribution < 1.29 is 5.11 Å². The molecule has 2 nitrogen and oxygen atoms in total. The number of hydrogen-bond donors (Lipinski definition) is 2. The van der Waals surface area contributed by atoms with Gasteiger partial charge in [-0.1, -0.05) is 0 Å². The van der Waals surface area contributed by atoms with E-state index >= 15 is 0 Å². The monoisotopic (exact) mass is 147 g/mol. The Bertz CT molecular complexity index is 73.5. The Morgan fingerprint density at radius 1 is 1.67 bits per heavy atom. The molecule has 2 N–H and O–H groups in total. The minimum Gasteiger partial charge on any atom is -0.395 e. The first-order chi connectivity index (χ1) is 4.43. The number of aliphatic hydroxyl groups is 1. The Hall–Kier alpha value is 0.270. The Labute approximate surface area is 60.0 Å². The molecular formula is C6H13NOS. The van der Waals surface area contributed by atoms with E-state index in [2.05, 4.69) is 5.32 Å². The molecule has 1 atom stereocenters. The molecule has 1 unspecified atom stereocenters. The lowest BCUT2D eigenvalue weighted by molar-refractivity contribution is 0.286. The lowest BCUT2D eigenvalue weighted by Gasteiger charge is -2.07. The fourth-order valence-corrected chi connectivity index (χ4v) is 2.15. The van der Waals surface area contributed by atoms with Crippen LogP contribution in [0.1, 0.15) is 6.42 Å². The summed E-state index contributed by atoms with van der Waals surface area (Å²) in [5.41, 5.74) is 0. The molecule has 1 aliphatic heterocycles. The first-order valence-electron chi connectivity index (χ1n) is 3.35. The van der Waals surface area contributed by atoms with Gasteiger partial charge in [0.15, 0.2) is 0 Å². The van der Waals surface area contributed by atoms with Crippen molar-refractivity contribution in [3.05, 3.63) is 0 Å². The maximum atomic E-state index is 8.46. The van der Waals surface area contributed by atoms with E-state index in [1.807, 2.05) is 11.8 Å². The molecule has 0 bridgehead atoms. The first kappa shape index (κ1) is 7.38. The van der Waals surface area contributed by atoms with E-state index in [-0.39, 0.29) is 6.61 Å². The molecule has 54 valence electrons. The number of rotatable bonds is 3. The highest BCUT2D eigenvalue weighted by Gasteiger charge is 2.13. The van der Waals surface area contributed by atoms with Crippen LogP contribution in [0, 0.1) is 0 Å². The number of nitrogens with one attached hydrogen (secondary N) is 1. The number of thioether (sulfide) groups is 1. The largest absolute Gasteiger partial charge is 0.395 e. The zero-order valence-corrected chi connectivity index (χ0v) is 6.28. The van der Waals surface area contributed by atoms with Crippen molar-refractivity contribution in [1.82, 2.24) is 5.32 Å². The lowest BCUT2D eigenvalue weighted by Crippen LogP contribution is -2.30. The Kier molecular flexibility index (Phi) is 3.40. The van der Waals surface area contributed by atoms with Gasteiger partial charge in [-0.05, 0) is 12.2 Å².